The Morgan fingerprint density at radius 1 is 1.37 bits per heavy atom. The van der Waals surface area contributed by atoms with Crippen molar-refractivity contribution >= 4 is 11.6 Å². The van der Waals surface area contributed by atoms with Gasteiger partial charge in [-0.1, -0.05) is 0 Å². The van der Waals surface area contributed by atoms with Crippen molar-refractivity contribution in [3.63, 3.8) is 0 Å². The number of nitrogens with zero attached hydrogens (tertiary/aromatic N) is 1. The number of benzene rings is 1. The highest BCUT2D eigenvalue weighted by Crippen LogP contribution is 2.36. The molecule has 0 aromatic heterocycles. The number of hydrogen-bond acceptors (Lipinski definition) is 3. The Balaban J connectivity index is 1.78. The molecule has 0 bridgehead atoms. The fourth-order valence-electron chi connectivity index (χ4n) is 2.40. The first-order chi connectivity index (χ1) is 9.19. The molecular formula is C15H20N2O2. The summed E-state index contributed by atoms with van der Waals surface area (Å²) in [4.78, 5) is 14.6. The second-order valence-electron chi connectivity index (χ2n) is 5.59. The number of methoxy groups -OCH3 is 1. The molecule has 4 nitrogen and oxygen atoms in total. The van der Waals surface area contributed by atoms with E-state index in [9.17, 15) is 4.79 Å². The summed E-state index contributed by atoms with van der Waals surface area (Å²) in [5.41, 5.74) is 7.08. The number of nitrogens with two attached hydrogens (primary N) is 1. The van der Waals surface area contributed by atoms with Crippen LogP contribution in [0.15, 0.2) is 18.2 Å². The van der Waals surface area contributed by atoms with Gasteiger partial charge in [0.25, 0.3) is 5.91 Å². The Hall–Kier alpha value is -1.71. The van der Waals surface area contributed by atoms with E-state index in [2.05, 4.69) is 0 Å². The Bertz CT molecular complexity index is 493. The van der Waals surface area contributed by atoms with Gasteiger partial charge in [-0.2, -0.15) is 0 Å². The molecule has 2 aliphatic rings. The molecule has 2 saturated carbocycles. The van der Waals surface area contributed by atoms with Crippen LogP contribution in [-0.4, -0.2) is 30.5 Å². The van der Waals surface area contributed by atoms with Gasteiger partial charge in [-0.3, -0.25) is 4.79 Å². The van der Waals surface area contributed by atoms with Crippen molar-refractivity contribution in [2.24, 2.45) is 5.92 Å². The molecule has 1 aromatic carbocycles. The lowest BCUT2D eigenvalue weighted by Gasteiger charge is -2.22. The van der Waals surface area contributed by atoms with Gasteiger partial charge in [0.2, 0.25) is 0 Å². The van der Waals surface area contributed by atoms with Crippen molar-refractivity contribution in [2.45, 2.75) is 31.7 Å². The van der Waals surface area contributed by atoms with Gasteiger partial charge in [-0.25, -0.2) is 0 Å². The van der Waals surface area contributed by atoms with Crippen LogP contribution >= 0.6 is 0 Å². The van der Waals surface area contributed by atoms with Gasteiger partial charge >= 0.3 is 0 Å². The number of ether oxygens (including phenoxy) is 1. The predicted octanol–water partition coefficient (Wildman–Crippen LogP) is 2.29. The zero-order valence-electron chi connectivity index (χ0n) is 11.3. The van der Waals surface area contributed by atoms with E-state index in [1.54, 1.807) is 25.3 Å². The molecule has 1 aromatic rings. The van der Waals surface area contributed by atoms with Gasteiger partial charge in [-0.05, 0) is 49.8 Å². The van der Waals surface area contributed by atoms with Crippen molar-refractivity contribution in [2.75, 3.05) is 19.4 Å². The molecule has 0 radical (unpaired) electrons. The predicted molar refractivity (Wildman–Crippen MR) is 74.2 cm³/mol. The quantitative estimate of drug-likeness (QED) is 0.826. The average Bonchev–Trinajstić information content (AvgIpc) is 3.27. The average molecular weight is 260 g/mol. The van der Waals surface area contributed by atoms with E-state index >= 15 is 0 Å². The molecule has 0 unspecified atom stereocenters. The van der Waals surface area contributed by atoms with Gasteiger partial charge in [0, 0.05) is 18.2 Å². The SMILES string of the molecule is COc1ccc(C(=O)N(CC2CC2)C2CC2)cc1N. The molecule has 0 spiro atoms. The van der Waals surface area contributed by atoms with Gasteiger partial charge in [-0.15, -0.1) is 0 Å². The van der Waals surface area contributed by atoms with Crippen LogP contribution in [-0.2, 0) is 0 Å². The van der Waals surface area contributed by atoms with Crippen molar-refractivity contribution in [3.8, 4) is 5.75 Å². The van der Waals surface area contributed by atoms with Crippen LogP contribution in [0.5, 0.6) is 5.75 Å². The maximum atomic E-state index is 12.6. The highest BCUT2D eigenvalue weighted by Gasteiger charge is 2.36. The molecule has 2 aliphatic carbocycles. The number of rotatable bonds is 5. The molecule has 3 rings (SSSR count). The summed E-state index contributed by atoms with van der Waals surface area (Å²) in [5.74, 6) is 1.46. The summed E-state index contributed by atoms with van der Waals surface area (Å²) in [6.07, 6.45) is 4.82. The van der Waals surface area contributed by atoms with Crippen molar-refractivity contribution in [3.05, 3.63) is 23.8 Å². The largest absolute Gasteiger partial charge is 0.495 e. The van der Waals surface area contributed by atoms with E-state index in [4.69, 9.17) is 10.5 Å². The summed E-state index contributed by atoms with van der Waals surface area (Å²) in [6.45, 7) is 0.912. The number of amides is 1. The van der Waals surface area contributed by atoms with Crippen LogP contribution < -0.4 is 10.5 Å². The van der Waals surface area contributed by atoms with E-state index in [0.29, 0.717) is 23.0 Å². The summed E-state index contributed by atoms with van der Waals surface area (Å²) in [7, 11) is 1.58. The van der Waals surface area contributed by atoms with Crippen LogP contribution in [0.4, 0.5) is 5.69 Å². The fraction of sp³-hybridized carbons (Fsp3) is 0.533. The summed E-state index contributed by atoms with van der Waals surface area (Å²) in [5, 5.41) is 0. The Morgan fingerprint density at radius 2 is 2.11 bits per heavy atom. The third-order valence-corrected chi connectivity index (χ3v) is 3.88. The fourth-order valence-corrected chi connectivity index (χ4v) is 2.40. The first-order valence-corrected chi connectivity index (χ1v) is 6.93. The Morgan fingerprint density at radius 3 is 2.63 bits per heavy atom. The van der Waals surface area contributed by atoms with Gasteiger partial charge in [0.15, 0.2) is 0 Å². The van der Waals surface area contributed by atoms with E-state index < -0.39 is 0 Å². The maximum Gasteiger partial charge on any atom is 0.254 e. The lowest BCUT2D eigenvalue weighted by atomic mass is 10.1. The van der Waals surface area contributed by atoms with Crippen molar-refractivity contribution in [1.29, 1.82) is 0 Å². The normalized spacial score (nSPS) is 18.2. The number of carbonyl (C=O) groups is 1. The summed E-state index contributed by atoms with van der Waals surface area (Å²) in [6, 6.07) is 5.75. The van der Waals surface area contributed by atoms with E-state index in [1.807, 2.05) is 4.90 Å². The topological polar surface area (TPSA) is 55.6 Å². The molecule has 0 atom stereocenters. The highest BCUT2D eigenvalue weighted by atomic mass is 16.5. The lowest BCUT2D eigenvalue weighted by Crippen LogP contribution is -2.34. The molecule has 2 N–H and O–H groups in total. The monoisotopic (exact) mass is 260 g/mol. The second-order valence-corrected chi connectivity index (χ2v) is 5.59. The smallest absolute Gasteiger partial charge is 0.254 e. The Kier molecular flexibility index (Phi) is 3.09. The van der Waals surface area contributed by atoms with Crippen LogP contribution in [0.25, 0.3) is 0 Å². The number of nitrogen functional groups attached to an aromatic ring is 1. The summed E-state index contributed by atoms with van der Waals surface area (Å²) >= 11 is 0. The van der Waals surface area contributed by atoms with Gasteiger partial charge < -0.3 is 15.4 Å². The minimum atomic E-state index is 0.115. The molecule has 0 saturated heterocycles. The van der Waals surface area contributed by atoms with E-state index in [0.717, 1.165) is 25.3 Å². The second kappa shape index (κ2) is 4.76. The molecular weight excluding hydrogens is 240 g/mol. The molecule has 0 heterocycles. The van der Waals surface area contributed by atoms with E-state index in [1.165, 1.54) is 12.8 Å². The van der Waals surface area contributed by atoms with Gasteiger partial charge in [0.1, 0.15) is 5.75 Å². The van der Waals surface area contributed by atoms with Crippen LogP contribution in [0.2, 0.25) is 0 Å². The highest BCUT2D eigenvalue weighted by molar-refractivity contribution is 5.96. The van der Waals surface area contributed by atoms with E-state index in [-0.39, 0.29) is 5.91 Å². The van der Waals surface area contributed by atoms with Gasteiger partial charge in [0.05, 0.1) is 12.8 Å². The van der Waals surface area contributed by atoms with Crippen molar-refractivity contribution in [1.82, 2.24) is 4.90 Å². The molecule has 0 aliphatic heterocycles. The minimum absolute atomic E-state index is 0.115. The first kappa shape index (κ1) is 12.3. The zero-order chi connectivity index (χ0) is 13.4. The first-order valence-electron chi connectivity index (χ1n) is 6.93. The van der Waals surface area contributed by atoms with Crippen LogP contribution in [0, 0.1) is 5.92 Å². The molecule has 4 heteroatoms. The standard InChI is InChI=1S/C15H20N2O2/c1-19-14-7-4-11(8-13(14)16)15(18)17(12-5-6-12)9-10-2-3-10/h4,7-8,10,12H,2-3,5-6,9,16H2,1H3. The third kappa shape index (κ3) is 2.67. The molecule has 2 fully saturated rings. The third-order valence-electron chi connectivity index (χ3n) is 3.88. The minimum Gasteiger partial charge on any atom is -0.495 e. The Labute approximate surface area is 113 Å². The van der Waals surface area contributed by atoms with Crippen LogP contribution in [0.3, 0.4) is 0 Å². The number of anilines is 1. The molecule has 1 amide bonds. The zero-order valence-corrected chi connectivity index (χ0v) is 11.3. The number of hydrogen-bond donors (Lipinski definition) is 1. The van der Waals surface area contributed by atoms with Crippen molar-refractivity contribution < 1.29 is 9.53 Å². The maximum absolute atomic E-state index is 12.6. The van der Waals surface area contributed by atoms with Crippen LogP contribution in [0.1, 0.15) is 36.0 Å². The number of carbonyl (C=O) groups excluding carboxylic acids is 1. The summed E-state index contributed by atoms with van der Waals surface area (Å²) < 4.78 is 5.12. The molecule has 19 heavy (non-hydrogen) atoms. The lowest BCUT2D eigenvalue weighted by molar-refractivity contribution is 0.0735. The molecule has 102 valence electrons.